The number of carbonyl (C=O) groups is 1. The Morgan fingerprint density at radius 2 is 1.90 bits per heavy atom. The molecule has 1 amide bonds. The first-order valence-corrected chi connectivity index (χ1v) is 7.18. The molecule has 1 N–H and O–H groups in total. The molecule has 0 aliphatic rings. The Bertz CT molecular complexity index is 579. The number of imidazole rings is 1. The Kier molecular flexibility index (Phi) is 4.46. The first-order valence-electron chi connectivity index (χ1n) is 7.18. The zero-order chi connectivity index (χ0) is 15.5. The summed E-state index contributed by atoms with van der Waals surface area (Å²) in [6.07, 6.45) is 4.45. The third-order valence-electron chi connectivity index (χ3n) is 3.22. The molecule has 0 spiro atoms. The topological polar surface area (TPSA) is 49.0 Å². The minimum atomic E-state index is 0.00806. The molecule has 0 atom stereocenters. The van der Waals surface area contributed by atoms with Crippen LogP contribution < -0.4 is 0 Å². The van der Waals surface area contributed by atoms with Gasteiger partial charge in [0.1, 0.15) is 5.82 Å². The molecule has 4 heteroatoms. The number of carbonyl (C=O) groups excluding carboxylic acids is 1. The minimum Gasteiger partial charge on any atom is -0.347 e. The van der Waals surface area contributed by atoms with Gasteiger partial charge in [-0.2, -0.15) is 0 Å². The zero-order valence-corrected chi connectivity index (χ0v) is 13.2. The number of amides is 1. The molecule has 0 fully saturated rings. The van der Waals surface area contributed by atoms with Crippen molar-refractivity contribution in [2.75, 3.05) is 7.05 Å². The lowest BCUT2D eigenvalue weighted by Crippen LogP contribution is -2.26. The maximum Gasteiger partial charge on any atom is 0.253 e. The van der Waals surface area contributed by atoms with Crippen LogP contribution in [0.5, 0.6) is 0 Å². The maximum atomic E-state index is 12.4. The molecule has 0 aliphatic heterocycles. The summed E-state index contributed by atoms with van der Waals surface area (Å²) in [6, 6.07) is 7.89. The SMILES string of the molecule is CN(Cc1ncc[nH]1)C(=O)c1ccc(CC(C)(C)C)cc1. The van der Waals surface area contributed by atoms with Gasteiger partial charge in [0.15, 0.2) is 0 Å². The zero-order valence-electron chi connectivity index (χ0n) is 13.2. The van der Waals surface area contributed by atoms with E-state index in [0.717, 1.165) is 12.2 Å². The summed E-state index contributed by atoms with van der Waals surface area (Å²) >= 11 is 0. The van der Waals surface area contributed by atoms with Gasteiger partial charge in [0.2, 0.25) is 0 Å². The summed E-state index contributed by atoms with van der Waals surface area (Å²) in [5.74, 6) is 0.795. The number of nitrogens with one attached hydrogen (secondary N) is 1. The minimum absolute atomic E-state index is 0.00806. The normalized spacial score (nSPS) is 11.4. The van der Waals surface area contributed by atoms with Crippen molar-refractivity contribution in [1.29, 1.82) is 0 Å². The molecule has 112 valence electrons. The molecule has 1 heterocycles. The lowest BCUT2D eigenvalue weighted by Gasteiger charge is -2.19. The molecule has 21 heavy (non-hydrogen) atoms. The van der Waals surface area contributed by atoms with Crippen LogP contribution in [-0.4, -0.2) is 27.8 Å². The van der Waals surface area contributed by atoms with E-state index in [1.54, 1.807) is 24.3 Å². The first kappa shape index (κ1) is 15.3. The molecule has 1 aromatic carbocycles. The second-order valence-corrected chi connectivity index (χ2v) is 6.63. The lowest BCUT2D eigenvalue weighted by molar-refractivity contribution is 0.0782. The predicted molar refractivity (Wildman–Crippen MR) is 84.0 cm³/mol. The number of aromatic amines is 1. The van der Waals surface area contributed by atoms with Crippen molar-refractivity contribution in [2.45, 2.75) is 33.7 Å². The van der Waals surface area contributed by atoms with Crippen LogP contribution in [0.1, 0.15) is 42.5 Å². The van der Waals surface area contributed by atoms with Crippen LogP contribution in [0.25, 0.3) is 0 Å². The molecule has 0 bridgehead atoms. The molecule has 2 rings (SSSR count). The standard InChI is InChI=1S/C17H23N3O/c1-17(2,3)11-13-5-7-14(8-6-13)16(21)20(4)12-15-18-9-10-19-15/h5-10H,11-12H2,1-4H3,(H,18,19). The molecule has 0 saturated heterocycles. The van der Waals surface area contributed by atoms with Crippen molar-refractivity contribution in [3.63, 3.8) is 0 Å². The molecule has 2 aromatic rings. The summed E-state index contributed by atoms with van der Waals surface area (Å²) in [6.45, 7) is 7.12. The predicted octanol–water partition coefficient (Wildman–Crippen LogP) is 3.27. The maximum absolute atomic E-state index is 12.4. The highest BCUT2D eigenvalue weighted by atomic mass is 16.2. The number of hydrogen-bond donors (Lipinski definition) is 1. The van der Waals surface area contributed by atoms with Gasteiger partial charge in [-0.05, 0) is 29.5 Å². The van der Waals surface area contributed by atoms with Gasteiger partial charge in [0.05, 0.1) is 6.54 Å². The van der Waals surface area contributed by atoms with Crippen LogP contribution in [0.3, 0.4) is 0 Å². The van der Waals surface area contributed by atoms with Crippen LogP contribution in [0.4, 0.5) is 0 Å². The highest BCUT2D eigenvalue weighted by molar-refractivity contribution is 5.94. The van der Waals surface area contributed by atoms with E-state index in [1.807, 2.05) is 24.3 Å². The van der Waals surface area contributed by atoms with Crippen LogP contribution in [-0.2, 0) is 13.0 Å². The third-order valence-corrected chi connectivity index (χ3v) is 3.22. The Hall–Kier alpha value is -2.10. The van der Waals surface area contributed by atoms with E-state index < -0.39 is 0 Å². The number of rotatable bonds is 4. The van der Waals surface area contributed by atoms with Crippen molar-refractivity contribution < 1.29 is 4.79 Å². The molecular formula is C17H23N3O. The van der Waals surface area contributed by atoms with E-state index in [9.17, 15) is 4.79 Å². The summed E-state index contributed by atoms with van der Waals surface area (Å²) in [5.41, 5.74) is 2.22. The Labute approximate surface area is 126 Å². The van der Waals surface area contributed by atoms with Crippen molar-refractivity contribution in [1.82, 2.24) is 14.9 Å². The smallest absolute Gasteiger partial charge is 0.253 e. The fourth-order valence-electron chi connectivity index (χ4n) is 2.28. The number of benzene rings is 1. The second-order valence-electron chi connectivity index (χ2n) is 6.63. The van der Waals surface area contributed by atoms with Crippen LogP contribution >= 0.6 is 0 Å². The Morgan fingerprint density at radius 1 is 1.24 bits per heavy atom. The molecule has 0 radical (unpaired) electrons. The highest BCUT2D eigenvalue weighted by Gasteiger charge is 2.14. The van der Waals surface area contributed by atoms with Crippen molar-refractivity contribution >= 4 is 5.91 Å². The van der Waals surface area contributed by atoms with Gasteiger partial charge >= 0.3 is 0 Å². The average molecular weight is 285 g/mol. The Balaban J connectivity index is 2.02. The highest BCUT2D eigenvalue weighted by Crippen LogP contribution is 2.21. The molecular weight excluding hydrogens is 262 g/mol. The molecule has 1 aromatic heterocycles. The van der Waals surface area contributed by atoms with Crippen molar-refractivity contribution in [3.05, 3.63) is 53.6 Å². The van der Waals surface area contributed by atoms with E-state index >= 15 is 0 Å². The Morgan fingerprint density at radius 3 is 2.43 bits per heavy atom. The van der Waals surface area contributed by atoms with Gasteiger partial charge in [-0.3, -0.25) is 4.79 Å². The monoisotopic (exact) mass is 285 g/mol. The number of hydrogen-bond acceptors (Lipinski definition) is 2. The van der Waals surface area contributed by atoms with E-state index in [0.29, 0.717) is 12.1 Å². The largest absolute Gasteiger partial charge is 0.347 e. The molecule has 0 aliphatic carbocycles. The van der Waals surface area contributed by atoms with Gasteiger partial charge in [0.25, 0.3) is 5.91 Å². The third kappa shape index (κ3) is 4.45. The van der Waals surface area contributed by atoms with Crippen LogP contribution in [0.2, 0.25) is 0 Å². The van der Waals surface area contributed by atoms with Gasteiger partial charge in [-0.25, -0.2) is 4.98 Å². The van der Waals surface area contributed by atoms with E-state index in [2.05, 4.69) is 30.7 Å². The van der Waals surface area contributed by atoms with Gasteiger partial charge < -0.3 is 9.88 Å². The van der Waals surface area contributed by atoms with Gasteiger partial charge in [-0.15, -0.1) is 0 Å². The van der Waals surface area contributed by atoms with E-state index in [1.165, 1.54) is 5.56 Å². The number of aromatic nitrogens is 2. The summed E-state index contributed by atoms with van der Waals surface area (Å²) < 4.78 is 0. The van der Waals surface area contributed by atoms with Gasteiger partial charge in [-0.1, -0.05) is 32.9 Å². The van der Waals surface area contributed by atoms with Gasteiger partial charge in [0, 0.05) is 25.0 Å². The summed E-state index contributed by atoms with van der Waals surface area (Å²) in [7, 11) is 1.79. The fraction of sp³-hybridized carbons (Fsp3) is 0.412. The van der Waals surface area contributed by atoms with Crippen molar-refractivity contribution in [3.8, 4) is 0 Å². The van der Waals surface area contributed by atoms with E-state index in [-0.39, 0.29) is 11.3 Å². The van der Waals surface area contributed by atoms with E-state index in [4.69, 9.17) is 0 Å². The number of nitrogens with zero attached hydrogens (tertiary/aromatic N) is 2. The number of H-pyrrole nitrogens is 1. The molecule has 4 nitrogen and oxygen atoms in total. The quantitative estimate of drug-likeness (QED) is 0.937. The van der Waals surface area contributed by atoms with Crippen LogP contribution in [0, 0.1) is 5.41 Å². The fourth-order valence-corrected chi connectivity index (χ4v) is 2.28. The molecule has 0 unspecified atom stereocenters. The lowest BCUT2D eigenvalue weighted by atomic mass is 9.88. The van der Waals surface area contributed by atoms with Crippen LogP contribution in [0.15, 0.2) is 36.7 Å². The van der Waals surface area contributed by atoms with Crippen molar-refractivity contribution in [2.24, 2.45) is 5.41 Å². The second kappa shape index (κ2) is 6.12. The molecule has 0 saturated carbocycles. The average Bonchev–Trinajstić information content (AvgIpc) is 2.90. The summed E-state index contributed by atoms with van der Waals surface area (Å²) in [5, 5.41) is 0. The summed E-state index contributed by atoms with van der Waals surface area (Å²) in [4.78, 5) is 21.2. The first-order chi connectivity index (χ1) is 9.85.